The maximum Gasteiger partial charge on any atom is 0.274 e. The summed E-state index contributed by atoms with van der Waals surface area (Å²) in [4.78, 5) is 18.8. The van der Waals surface area contributed by atoms with Crippen LogP contribution in [-0.2, 0) is 0 Å². The number of imidazole rings is 1. The van der Waals surface area contributed by atoms with Crippen LogP contribution in [0.4, 0.5) is 0 Å². The van der Waals surface area contributed by atoms with Gasteiger partial charge >= 0.3 is 0 Å². The first-order chi connectivity index (χ1) is 11.0. The number of carbonyl (C=O) groups excluding carboxylic acids is 1. The van der Waals surface area contributed by atoms with E-state index in [1.165, 1.54) is 0 Å². The zero-order valence-corrected chi connectivity index (χ0v) is 13.2. The van der Waals surface area contributed by atoms with Gasteiger partial charge in [-0.25, -0.2) is 4.98 Å². The average molecular weight is 336 g/mol. The molecule has 0 unspecified atom stereocenters. The number of carbonyl (C=O) groups is 1. The lowest BCUT2D eigenvalue weighted by atomic mass is 9.79. The van der Waals surface area contributed by atoms with E-state index in [0.717, 1.165) is 0 Å². The zero-order chi connectivity index (χ0) is 16.1. The molecule has 0 radical (unpaired) electrons. The van der Waals surface area contributed by atoms with Crippen molar-refractivity contribution in [2.24, 2.45) is 11.8 Å². The maximum atomic E-state index is 12.7. The molecule has 2 fully saturated rings. The first kappa shape index (κ1) is 14.9. The van der Waals surface area contributed by atoms with Gasteiger partial charge in [0.05, 0.1) is 17.2 Å². The van der Waals surface area contributed by atoms with E-state index in [1.807, 2.05) is 0 Å². The van der Waals surface area contributed by atoms with Crippen molar-refractivity contribution in [3.63, 3.8) is 0 Å². The summed E-state index contributed by atoms with van der Waals surface area (Å²) in [6, 6.07) is 3.51. The third-order valence-electron chi connectivity index (χ3n) is 5.03. The van der Waals surface area contributed by atoms with Crippen molar-refractivity contribution in [2.75, 3.05) is 13.1 Å². The van der Waals surface area contributed by atoms with Crippen molar-refractivity contribution in [1.82, 2.24) is 14.3 Å². The van der Waals surface area contributed by atoms with Gasteiger partial charge in [-0.15, -0.1) is 0 Å². The highest BCUT2D eigenvalue weighted by atomic mass is 35.5. The second-order valence-corrected chi connectivity index (χ2v) is 7.01. The van der Waals surface area contributed by atoms with Crippen LogP contribution in [0.15, 0.2) is 24.5 Å². The quantitative estimate of drug-likeness (QED) is 0.820. The largest absolute Gasteiger partial charge is 0.390 e. The number of pyridine rings is 1. The summed E-state index contributed by atoms with van der Waals surface area (Å²) >= 11 is 5.95. The lowest BCUT2D eigenvalue weighted by molar-refractivity contribution is -0.0372. The van der Waals surface area contributed by atoms with E-state index < -0.39 is 12.2 Å². The van der Waals surface area contributed by atoms with E-state index in [-0.39, 0.29) is 17.7 Å². The molecule has 7 heteroatoms. The number of aliphatic hydroxyl groups excluding tert-OH is 2. The Kier molecular flexibility index (Phi) is 3.55. The van der Waals surface area contributed by atoms with Crippen LogP contribution in [0.2, 0.25) is 5.02 Å². The second-order valence-electron chi connectivity index (χ2n) is 6.58. The number of aromatic nitrogens is 2. The SMILES string of the molecule is O=C(c1cn2cc(Cl)ccc2n1)N1C[C@H]2C[C@H](O)[C@@H](O)C[C@H]2C1. The van der Waals surface area contributed by atoms with Crippen LogP contribution in [0.1, 0.15) is 23.3 Å². The molecule has 4 rings (SSSR count). The van der Waals surface area contributed by atoms with Crippen molar-refractivity contribution in [1.29, 1.82) is 0 Å². The van der Waals surface area contributed by atoms with Crippen LogP contribution in [0.5, 0.6) is 0 Å². The molecule has 0 spiro atoms. The monoisotopic (exact) mass is 335 g/mol. The molecule has 4 atom stereocenters. The van der Waals surface area contributed by atoms with Gasteiger partial charge in [-0.1, -0.05) is 11.6 Å². The third-order valence-corrected chi connectivity index (χ3v) is 5.25. The number of likely N-dealkylation sites (tertiary alicyclic amines) is 1. The molecule has 1 amide bonds. The number of halogens is 1. The molecule has 2 aromatic heterocycles. The van der Waals surface area contributed by atoms with Gasteiger partial charge in [0.25, 0.3) is 5.91 Å². The van der Waals surface area contributed by atoms with Crippen LogP contribution in [0.25, 0.3) is 5.65 Å². The smallest absolute Gasteiger partial charge is 0.274 e. The second kappa shape index (κ2) is 5.47. The number of hydrogen-bond donors (Lipinski definition) is 2. The highest BCUT2D eigenvalue weighted by Crippen LogP contribution is 2.37. The minimum Gasteiger partial charge on any atom is -0.390 e. The Morgan fingerprint density at radius 2 is 1.78 bits per heavy atom. The van der Waals surface area contributed by atoms with Crippen molar-refractivity contribution < 1.29 is 15.0 Å². The minimum absolute atomic E-state index is 0.108. The number of rotatable bonds is 1. The van der Waals surface area contributed by atoms with E-state index in [0.29, 0.717) is 42.3 Å². The van der Waals surface area contributed by atoms with Gasteiger partial charge in [-0.05, 0) is 36.8 Å². The zero-order valence-electron chi connectivity index (χ0n) is 12.5. The Morgan fingerprint density at radius 3 is 2.43 bits per heavy atom. The highest BCUT2D eigenvalue weighted by molar-refractivity contribution is 6.30. The van der Waals surface area contributed by atoms with E-state index >= 15 is 0 Å². The summed E-state index contributed by atoms with van der Waals surface area (Å²) in [5, 5.41) is 20.2. The van der Waals surface area contributed by atoms with Gasteiger partial charge in [0.2, 0.25) is 0 Å². The molecule has 3 heterocycles. The van der Waals surface area contributed by atoms with Crippen LogP contribution in [0, 0.1) is 11.8 Å². The molecule has 1 saturated carbocycles. The number of hydrogen-bond acceptors (Lipinski definition) is 4. The van der Waals surface area contributed by atoms with E-state index in [2.05, 4.69) is 4.98 Å². The van der Waals surface area contributed by atoms with Crippen LogP contribution < -0.4 is 0 Å². The lowest BCUT2D eigenvalue weighted by Crippen LogP contribution is -2.38. The van der Waals surface area contributed by atoms with Crippen LogP contribution in [-0.4, -0.2) is 55.7 Å². The van der Waals surface area contributed by atoms with Crippen LogP contribution in [0.3, 0.4) is 0 Å². The van der Waals surface area contributed by atoms with Gasteiger partial charge in [-0.3, -0.25) is 4.79 Å². The maximum absolute atomic E-state index is 12.7. The Balaban J connectivity index is 1.55. The van der Waals surface area contributed by atoms with Crippen molar-refractivity contribution in [2.45, 2.75) is 25.0 Å². The number of aliphatic hydroxyl groups is 2. The van der Waals surface area contributed by atoms with Crippen molar-refractivity contribution >= 4 is 23.2 Å². The van der Waals surface area contributed by atoms with Crippen LogP contribution >= 0.6 is 11.6 Å². The topological polar surface area (TPSA) is 78.1 Å². The van der Waals surface area contributed by atoms with Gasteiger partial charge in [-0.2, -0.15) is 0 Å². The van der Waals surface area contributed by atoms with Crippen molar-refractivity contribution in [3.8, 4) is 0 Å². The first-order valence-electron chi connectivity index (χ1n) is 7.81. The number of nitrogens with zero attached hydrogens (tertiary/aromatic N) is 3. The molecular formula is C16H18ClN3O3. The van der Waals surface area contributed by atoms with Gasteiger partial charge < -0.3 is 19.5 Å². The number of fused-ring (bicyclic) bond motifs is 2. The minimum atomic E-state index is -0.677. The summed E-state index contributed by atoms with van der Waals surface area (Å²) in [5.41, 5.74) is 1.08. The Morgan fingerprint density at radius 1 is 1.13 bits per heavy atom. The summed E-state index contributed by atoms with van der Waals surface area (Å²) in [6.45, 7) is 1.23. The molecule has 1 saturated heterocycles. The predicted molar refractivity (Wildman–Crippen MR) is 84.3 cm³/mol. The Labute approximate surface area is 138 Å². The fourth-order valence-electron chi connectivity index (χ4n) is 3.80. The summed E-state index contributed by atoms with van der Waals surface area (Å²) < 4.78 is 1.74. The molecule has 0 aromatic carbocycles. The molecule has 6 nitrogen and oxygen atoms in total. The standard InChI is InChI=1S/C16H18ClN3O3/c17-11-1-2-15-18-12(8-19(15)7-11)16(23)20-5-9-3-13(21)14(22)4-10(9)6-20/h1-2,7-10,13-14,21-22H,3-6H2/t9-,10+,13-,14-/m0/s1. The predicted octanol–water partition coefficient (Wildman–Crippen LogP) is 1.19. The molecule has 2 aromatic rings. The van der Waals surface area contributed by atoms with E-state index in [9.17, 15) is 15.0 Å². The van der Waals surface area contributed by atoms with E-state index in [4.69, 9.17) is 11.6 Å². The summed E-state index contributed by atoms with van der Waals surface area (Å²) in [6.07, 6.45) is 3.16. The number of amides is 1. The van der Waals surface area contributed by atoms with Gasteiger partial charge in [0.1, 0.15) is 11.3 Å². The molecule has 23 heavy (non-hydrogen) atoms. The Hall–Kier alpha value is -1.63. The third kappa shape index (κ3) is 2.60. The molecule has 2 aliphatic rings. The van der Waals surface area contributed by atoms with Gasteiger partial charge in [0, 0.05) is 25.5 Å². The Bertz CT molecular complexity index is 744. The molecule has 2 N–H and O–H groups in total. The highest BCUT2D eigenvalue weighted by Gasteiger charge is 2.42. The molecule has 0 bridgehead atoms. The fraction of sp³-hybridized carbons (Fsp3) is 0.500. The van der Waals surface area contributed by atoms with Gasteiger partial charge in [0.15, 0.2) is 0 Å². The van der Waals surface area contributed by atoms with E-state index in [1.54, 1.807) is 33.8 Å². The molecule has 1 aliphatic carbocycles. The normalized spacial score (nSPS) is 30.7. The average Bonchev–Trinajstić information content (AvgIpc) is 3.10. The summed E-state index contributed by atoms with van der Waals surface area (Å²) in [5.74, 6) is 0.399. The molecule has 122 valence electrons. The lowest BCUT2D eigenvalue weighted by Gasteiger charge is -2.31. The first-order valence-corrected chi connectivity index (χ1v) is 8.18. The molecule has 1 aliphatic heterocycles. The van der Waals surface area contributed by atoms with Crippen molar-refractivity contribution in [3.05, 3.63) is 35.2 Å². The summed E-state index contributed by atoms with van der Waals surface area (Å²) in [7, 11) is 0. The fourth-order valence-corrected chi connectivity index (χ4v) is 3.97. The molecular weight excluding hydrogens is 318 g/mol.